The topological polar surface area (TPSA) is 84.6 Å². The predicted molar refractivity (Wildman–Crippen MR) is 173 cm³/mol. The molecule has 4 aromatic rings. The summed E-state index contributed by atoms with van der Waals surface area (Å²) in [6.45, 7) is 7.95. The molecule has 1 fully saturated rings. The highest BCUT2D eigenvalue weighted by Crippen LogP contribution is 2.35. The maximum atomic E-state index is 14.1. The van der Waals surface area contributed by atoms with E-state index in [4.69, 9.17) is 0 Å². The van der Waals surface area contributed by atoms with Gasteiger partial charge in [-0.2, -0.15) is 4.99 Å². The second-order valence-electron chi connectivity index (χ2n) is 11.0. The Kier molecular flexibility index (Phi) is 9.80. The van der Waals surface area contributed by atoms with Crippen LogP contribution in [0.3, 0.4) is 0 Å². The quantitative estimate of drug-likeness (QED) is 0.202. The van der Waals surface area contributed by atoms with Crippen LogP contribution in [0.4, 0.5) is 28.0 Å². The number of amidine groups is 1. The minimum absolute atomic E-state index is 0.0888. The Morgan fingerprint density at radius 2 is 1.83 bits per heavy atom. The van der Waals surface area contributed by atoms with E-state index in [0.29, 0.717) is 16.7 Å². The Bertz CT molecular complexity index is 1750. The highest BCUT2D eigenvalue weighted by atomic mass is 32.2. The van der Waals surface area contributed by atoms with Gasteiger partial charge in [0.2, 0.25) is 0 Å². The van der Waals surface area contributed by atoms with Crippen LogP contribution in [0, 0.1) is 5.82 Å². The average Bonchev–Trinajstić information content (AvgIpc) is 3.50. The highest BCUT2D eigenvalue weighted by Gasteiger charge is 2.31. The second-order valence-corrected chi connectivity index (χ2v) is 12.1. The summed E-state index contributed by atoms with van der Waals surface area (Å²) < 4.78 is 56.7. The molecule has 2 amide bonds. The molecule has 1 aliphatic rings. The molecule has 1 unspecified atom stereocenters. The van der Waals surface area contributed by atoms with E-state index in [0.717, 1.165) is 40.1 Å². The lowest BCUT2D eigenvalue weighted by Gasteiger charge is -2.37. The first-order valence-electron chi connectivity index (χ1n) is 14.5. The minimum atomic E-state index is -4.76. The number of aromatic nitrogens is 3. The normalized spacial score (nSPS) is 16.6. The third-order valence-electron chi connectivity index (χ3n) is 7.32. The number of hydrogen-bond donors (Lipinski definition) is 1. The Hall–Kier alpha value is -4.65. The Morgan fingerprint density at radius 3 is 2.50 bits per heavy atom. The van der Waals surface area contributed by atoms with Gasteiger partial charge in [0.25, 0.3) is 0 Å². The molecule has 0 aliphatic carbocycles. The standard InChI is InChI=1S/C33H32F4N6O2S/c1-20(2)28-17-25(34)9-14-29(28)43-22(4)15-16-46-32(43)40-31(44)38-18-21(3)23-5-7-24(8-6-23)30-39-19-42(41-30)26-10-12-27(13-11-26)45-33(35,36)37/h5-14,17-20,22H,15-16H2,1-4H3,(H,38,44)/b21-18+,40-32?. The highest BCUT2D eigenvalue weighted by molar-refractivity contribution is 8.14. The Morgan fingerprint density at radius 1 is 1.11 bits per heavy atom. The molecule has 1 saturated heterocycles. The van der Waals surface area contributed by atoms with Crippen molar-refractivity contribution >= 4 is 34.2 Å². The number of urea groups is 1. The molecule has 0 saturated carbocycles. The average molecular weight is 653 g/mol. The second kappa shape index (κ2) is 13.8. The van der Waals surface area contributed by atoms with Gasteiger partial charge in [0.05, 0.1) is 5.69 Å². The summed E-state index contributed by atoms with van der Waals surface area (Å²) >= 11 is 1.50. The van der Waals surface area contributed by atoms with E-state index < -0.39 is 12.4 Å². The van der Waals surface area contributed by atoms with E-state index in [2.05, 4.69) is 32.1 Å². The molecule has 240 valence electrons. The van der Waals surface area contributed by atoms with Gasteiger partial charge >= 0.3 is 12.4 Å². The van der Waals surface area contributed by atoms with Crippen LogP contribution in [0.15, 0.2) is 84.2 Å². The van der Waals surface area contributed by atoms with E-state index in [1.807, 2.05) is 49.9 Å². The van der Waals surface area contributed by atoms with Crippen LogP contribution in [-0.4, -0.2) is 44.1 Å². The Labute approximate surface area is 268 Å². The van der Waals surface area contributed by atoms with Crippen LogP contribution < -0.4 is 15.0 Å². The molecule has 0 spiro atoms. The molecule has 1 N–H and O–H groups in total. The summed E-state index contributed by atoms with van der Waals surface area (Å²) in [6.07, 6.45) is -0.796. The van der Waals surface area contributed by atoms with Gasteiger partial charge in [0, 0.05) is 29.2 Å². The third-order valence-corrected chi connectivity index (χ3v) is 8.31. The summed E-state index contributed by atoms with van der Waals surface area (Å²) in [5.74, 6) is 0.713. The van der Waals surface area contributed by atoms with E-state index in [1.54, 1.807) is 18.3 Å². The number of nitrogens with one attached hydrogen (secondary N) is 1. The van der Waals surface area contributed by atoms with Crippen molar-refractivity contribution in [3.63, 3.8) is 0 Å². The van der Waals surface area contributed by atoms with Crippen molar-refractivity contribution in [2.75, 3.05) is 10.7 Å². The van der Waals surface area contributed by atoms with Crippen LogP contribution in [0.5, 0.6) is 5.75 Å². The first-order valence-corrected chi connectivity index (χ1v) is 15.5. The lowest BCUT2D eigenvalue weighted by atomic mass is 9.99. The predicted octanol–water partition coefficient (Wildman–Crippen LogP) is 8.55. The lowest BCUT2D eigenvalue weighted by Crippen LogP contribution is -2.42. The van der Waals surface area contributed by atoms with Crippen LogP contribution in [0.1, 0.15) is 51.2 Å². The van der Waals surface area contributed by atoms with E-state index >= 15 is 0 Å². The summed E-state index contributed by atoms with van der Waals surface area (Å²) in [5, 5.41) is 7.75. The minimum Gasteiger partial charge on any atom is -0.406 e. The molecule has 0 bridgehead atoms. The first kappa shape index (κ1) is 32.7. The maximum Gasteiger partial charge on any atom is 0.573 e. The van der Waals surface area contributed by atoms with Crippen LogP contribution in [0.2, 0.25) is 0 Å². The van der Waals surface area contributed by atoms with Crippen LogP contribution in [-0.2, 0) is 0 Å². The molecular weight excluding hydrogens is 620 g/mol. The van der Waals surface area contributed by atoms with Gasteiger partial charge in [-0.15, -0.1) is 18.3 Å². The summed E-state index contributed by atoms with van der Waals surface area (Å²) in [6, 6.07) is 17.0. The summed E-state index contributed by atoms with van der Waals surface area (Å²) in [4.78, 5) is 23.6. The van der Waals surface area contributed by atoms with Gasteiger partial charge in [-0.25, -0.2) is 18.9 Å². The van der Waals surface area contributed by atoms with E-state index in [1.165, 1.54) is 53.1 Å². The largest absolute Gasteiger partial charge is 0.573 e. The fraction of sp³-hybridized carbons (Fsp3) is 0.273. The molecule has 1 aliphatic heterocycles. The molecule has 2 heterocycles. The van der Waals surface area contributed by atoms with Crippen LogP contribution >= 0.6 is 11.8 Å². The van der Waals surface area contributed by atoms with Crippen molar-refractivity contribution in [3.8, 4) is 22.8 Å². The molecule has 1 aromatic heterocycles. The van der Waals surface area contributed by atoms with Crippen molar-refractivity contribution in [3.05, 3.63) is 96.2 Å². The summed E-state index contributed by atoms with van der Waals surface area (Å²) in [5.41, 5.74) is 4.60. The number of alkyl halides is 3. The molecule has 5 rings (SSSR count). The number of anilines is 1. The van der Waals surface area contributed by atoms with Crippen LogP contribution in [0.25, 0.3) is 22.6 Å². The monoisotopic (exact) mass is 652 g/mol. The summed E-state index contributed by atoms with van der Waals surface area (Å²) in [7, 11) is 0. The lowest BCUT2D eigenvalue weighted by molar-refractivity contribution is -0.274. The van der Waals surface area contributed by atoms with Gasteiger partial charge in [-0.3, -0.25) is 0 Å². The zero-order chi connectivity index (χ0) is 33.0. The smallest absolute Gasteiger partial charge is 0.406 e. The number of rotatable bonds is 7. The number of carbonyl (C=O) groups excluding carboxylic acids is 1. The number of carbonyl (C=O) groups is 1. The van der Waals surface area contributed by atoms with Crippen molar-refractivity contribution in [1.29, 1.82) is 0 Å². The molecule has 0 radical (unpaired) electrons. The number of ether oxygens (including phenoxy) is 1. The zero-order valence-electron chi connectivity index (χ0n) is 25.5. The number of aliphatic imine (C=N–C) groups is 1. The van der Waals surface area contributed by atoms with Crippen molar-refractivity contribution in [2.24, 2.45) is 4.99 Å². The van der Waals surface area contributed by atoms with Gasteiger partial charge in [-0.05, 0) is 85.4 Å². The van der Waals surface area contributed by atoms with Gasteiger partial charge in [0.1, 0.15) is 17.9 Å². The molecule has 8 nitrogen and oxygen atoms in total. The number of thioether (sulfide) groups is 1. The molecule has 13 heteroatoms. The van der Waals surface area contributed by atoms with Gasteiger partial charge in [-0.1, -0.05) is 49.9 Å². The molecule has 3 aromatic carbocycles. The van der Waals surface area contributed by atoms with Crippen molar-refractivity contribution < 1.29 is 27.1 Å². The molecule has 1 atom stereocenters. The number of hydrogen-bond acceptors (Lipinski definition) is 5. The van der Waals surface area contributed by atoms with Crippen molar-refractivity contribution in [1.82, 2.24) is 20.1 Å². The third kappa shape index (κ3) is 7.94. The SMILES string of the molecule is C/C(=C\NC(=O)N=C1SCCC(C)N1c1ccc(F)cc1C(C)C)c1ccc(-c2ncn(-c3ccc(OC(F)(F)F)cc3)n2)cc1. The fourth-order valence-corrected chi connectivity index (χ4v) is 6.12. The first-order chi connectivity index (χ1) is 21.9. The van der Waals surface area contributed by atoms with Crippen molar-refractivity contribution in [2.45, 2.75) is 52.4 Å². The zero-order valence-corrected chi connectivity index (χ0v) is 26.4. The van der Waals surface area contributed by atoms with Gasteiger partial charge < -0.3 is 15.0 Å². The number of allylic oxidation sites excluding steroid dienone is 1. The Balaban J connectivity index is 1.26. The van der Waals surface area contributed by atoms with Gasteiger partial charge in [0.15, 0.2) is 11.0 Å². The van der Waals surface area contributed by atoms with E-state index in [-0.39, 0.29) is 23.5 Å². The number of halogens is 4. The fourth-order valence-electron chi connectivity index (χ4n) is 4.92. The number of benzene rings is 3. The number of amides is 2. The number of nitrogens with zero attached hydrogens (tertiary/aromatic N) is 5. The molecule has 46 heavy (non-hydrogen) atoms. The van der Waals surface area contributed by atoms with E-state index in [9.17, 15) is 22.4 Å². The molecular formula is C33H32F4N6O2S. The maximum absolute atomic E-state index is 14.1.